The molecule has 0 aliphatic carbocycles. The first kappa shape index (κ1) is 13.6. The van der Waals surface area contributed by atoms with Crippen LogP contribution in [0.15, 0.2) is 32.8 Å². The number of hydrogen-bond donors (Lipinski definition) is 1. The summed E-state index contributed by atoms with van der Waals surface area (Å²) in [6, 6.07) is 5.74. The molecule has 2 heterocycles. The van der Waals surface area contributed by atoms with E-state index in [0.717, 1.165) is 20.8 Å². The highest BCUT2D eigenvalue weighted by Crippen LogP contribution is 2.20. The first-order chi connectivity index (χ1) is 9.60. The number of benzene rings is 1. The maximum Gasteiger partial charge on any atom is 0.276 e. The zero-order chi connectivity index (χ0) is 14.3. The fourth-order valence-electron chi connectivity index (χ4n) is 2.22. The lowest BCUT2D eigenvalue weighted by Crippen LogP contribution is -2.52. The van der Waals surface area contributed by atoms with Crippen LogP contribution < -0.4 is 15.9 Å². The Hall–Kier alpha value is -1.34. The first-order valence-corrected chi connectivity index (χ1v) is 8.07. The van der Waals surface area contributed by atoms with Crippen LogP contribution in [0, 0.1) is 0 Å². The summed E-state index contributed by atoms with van der Waals surface area (Å²) in [5.74, 6) is 0.729. The molecule has 2 aliphatic heterocycles. The van der Waals surface area contributed by atoms with Crippen molar-refractivity contribution in [2.24, 2.45) is 10.1 Å². The summed E-state index contributed by atoms with van der Waals surface area (Å²) in [4.78, 5) is 17.0. The normalized spacial score (nSPS) is 20.6. The molecule has 104 valence electrons. The van der Waals surface area contributed by atoms with Gasteiger partial charge in [0.25, 0.3) is 5.91 Å². The number of halogens is 1. The highest BCUT2D eigenvalue weighted by atomic mass is 79.9. The van der Waals surface area contributed by atoms with Crippen molar-refractivity contribution >= 4 is 44.5 Å². The average molecular weight is 353 g/mol. The maximum atomic E-state index is 12.4. The fourth-order valence-corrected chi connectivity index (χ4v) is 3.16. The second kappa shape index (κ2) is 5.21. The number of amidine groups is 1. The number of thioether (sulfide) groups is 1. The molecule has 0 bridgehead atoms. The van der Waals surface area contributed by atoms with E-state index in [1.54, 1.807) is 5.01 Å². The van der Waals surface area contributed by atoms with Crippen molar-refractivity contribution in [2.75, 3.05) is 5.75 Å². The third kappa shape index (κ3) is 2.25. The number of nitrogens with zero attached hydrogens (tertiary/aromatic N) is 3. The predicted molar refractivity (Wildman–Crippen MR) is 83.3 cm³/mol. The van der Waals surface area contributed by atoms with Crippen LogP contribution in [0.1, 0.15) is 13.8 Å². The third-order valence-corrected chi connectivity index (χ3v) is 4.28. The zero-order valence-electron chi connectivity index (χ0n) is 11.1. The number of carbonyl (C=O) groups is 1. The third-order valence-electron chi connectivity index (χ3n) is 3.04. The van der Waals surface area contributed by atoms with Crippen molar-refractivity contribution in [1.82, 2.24) is 10.3 Å². The summed E-state index contributed by atoms with van der Waals surface area (Å²) < 4.78 is 0.916. The molecule has 5 nitrogen and oxygen atoms in total. The quantitative estimate of drug-likeness (QED) is 0.819. The Morgan fingerprint density at radius 3 is 3.05 bits per heavy atom. The van der Waals surface area contributed by atoms with E-state index < -0.39 is 0 Å². The minimum atomic E-state index is -0.183. The lowest BCUT2D eigenvalue weighted by molar-refractivity contribution is -0.116. The van der Waals surface area contributed by atoms with Gasteiger partial charge in [-0.1, -0.05) is 34.6 Å². The second-order valence-electron chi connectivity index (χ2n) is 4.41. The molecule has 1 N–H and O–H groups in total. The lowest BCUT2D eigenvalue weighted by atomic mass is 10.2. The van der Waals surface area contributed by atoms with Crippen molar-refractivity contribution in [3.05, 3.63) is 33.2 Å². The van der Waals surface area contributed by atoms with Crippen molar-refractivity contribution in [1.29, 1.82) is 0 Å². The summed E-state index contributed by atoms with van der Waals surface area (Å²) in [6.07, 6.45) is -0.183. The molecule has 1 aromatic rings. The topological polar surface area (TPSA) is 57.1 Å². The Kier molecular flexibility index (Phi) is 3.55. The van der Waals surface area contributed by atoms with Crippen LogP contribution >= 0.6 is 27.7 Å². The van der Waals surface area contributed by atoms with Crippen molar-refractivity contribution in [3.63, 3.8) is 0 Å². The van der Waals surface area contributed by atoms with Crippen molar-refractivity contribution in [3.8, 4) is 0 Å². The molecular formula is C13H13BrN4OS. The molecule has 0 unspecified atom stereocenters. The van der Waals surface area contributed by atoms with Crippen LogP contribution in [0.5, 0.6) is 0 Å². The Morgan fingerprint density at radius 2 is 2.30 bits per heavy atom. The molecule has 0 saturated heterocycles. The molecule has 0 spiro atoms. The average Bonchev–Trinajstić information content (AvgIpc) is 2.40. The number of fused-ring (bicyclic) bond motifs is 2. The summed E-state index contributed by atoms with van der Waals surface area (Å²) in [5.41, 5.74) is 0.559. The Labute approximate surface area is 129 Å². The molecule has 0 aromatic heterocycles. The van der Waals surface area contributed by atoms with Crippen molar-refractivity contribution in [2.45, 2.75) is 20.0 Å². The Morgan fingerprint density at radius 1 is 1.50 bits per heavy atom. The summed E-state index contributed by atoms with van der Waals surface area (Å²) in [5, 5.41) is 11.3. The van der Waals surface area contributed by atoms with E-state index in [1.807, 2.05) is 32.0 Å². The van der Waals surface area contributed by atoms with Crippen LogP contribution in [0.4, 0.5) is 0 Å². The fraction of sp³-hybridized carbons (Fsp3) is 0.308. The van der Waals surface area contributed by atoms with E-state index >= 15 is 0 Å². The van der Waals surface area contributed by atoms with Crippen LogP contribution in [0.25, 0.3) is 5.70 Å². The summed E-state index contributed by atoms with van der Waals surface area (Å²) in [7, 11) is 0. The maximum absolute atomic E-state index is 12.4. The monoisotopic (exact) mass is 352 g/mol. The molecule has 1 aromatic carbocycles. The van der Waals surface area contributed by atoms with Gasteiger partial charge < -0.3 is 0 Å². The molecule has 1 atom stereocenters. The van der Waals surface area contributed by atoms with Gasteiger partial charge in [-0.05, 0) is 30.9 Å². The van der Waals surface area contributed by atoms with Crippen LogP contribution in [0.2, 0.25) is 0 Å². The lowest BCUT2D eigenvalue weighted by Gasteiger charge is -2.32. The largest absolute Gasteiger partial charge is 0.298 e. The van der Waals surface area contributed by atoms with E-state index in [4.69, 9.17) is 0 Å². The zero-order valence-corrected chi connectivity index (χ0v) is 13.5. The van der Waals surface area contributed by atoms with Gasteiger partial charge in [0.2, 0.25) is 0 Å². The number of hydrazone groups is 1. The Balaban J connectivity index is 2.24. The van der Waals surface area contributed by atoms with Gasteiger partial charge in [0, 0.05) is 9.69 Å². The SMILES string of the molecule is CCSC1=NN2C(=c3cc(Br)ccc3=N[C@@H]2C)C(=O)N1. The number of rotatable bonds is 1. The van der Waals surface area contributed by atoms with E-state index in [1.165, 1.54) is 11.8 Å². The predicted octanol–water partition coefficient (Wildman–Crippen LogP) is 0.992. The van der Waals surface area contributed by atoms with Gasteiger partial charge in [0.1, 0.15) is 11.9 Å². The molecule has 20 heavy (non-hydrogen) atoms. The van der Waals surface area contributed by atoms with E-state index in [0.29, 0.717) is 10.9 Å². The van der Waals surface area contributed by atoms with Gasteiger partial charge in [-0.25, -0.2) is 5.01 Å². The Bertz CT molecular complexity index is 730. The number of hydrogen-bond acceptors (Lipinski definition) is 5. The standard InChI is InChI=1S/C13H13BrN4OS/c1-3-20-13-16-12(19)11-9-6-8(14)4-5-10(9)15-7(2)18(11)17-13/h4-7H,3H2,1-2H3,(H,16,17,19)/t7-/m0/s1. The molecule has 0 radical (unpaired) electrons. The number of nitrogens with one attached hydrogen (secondary N) is 1. The molecule has 3 rings (SSSR count). The molecule has 7 heteroatoms. The minimum Gasteiger partial charge on any atom is -0.298 e. The van der Waals surface area contributed by atoms with Gasteiger partial charge in [-0.2, -0.15) is 0 Å². The number of carbonyl (C=O) groups excluding carboxylic acids is 1. The minimum absolute atomic E-state index is 0.128. The van der Waals surface area contributed by atoms with E-state index in [9.17, 15) is 4.79 Å². The van der Waals surface area contributed by atoms with E-state index in [2.05, 4.69) is 31.3 Å². The van der Waals surface area contributed by atoms with Crippen LogP contribution in [-0.4, -0.2) is 28.0 Å². The smallest absolute Gasteiger partial charge is 0.276 e. The highest BCUT2D eigenvalue weighted by Gasteiger charge is 2.31. The van der Waals surface area contributed by atoms with Crippen LogP contribution in [-0.2, 0) is 4.79 Å². The first-order valence-electron chi connectivity index (χ1n) is 6.30. The van der Waals surface area contributed by atoms with Gasteiger partial charge >= 0.3 is 0 Å². The van der Waals surface area contributed by atoms with Gasteiger partial charge in [0.15, 0.2) is 5.17 Å². The summed E-state index contributed by atoms with van der Waals surface area (Å²) >= 11 is 4.94. The van der Waals surface area contributed by atoms with E-state index in [-0.39, 0.29) is 12.1 Å². The molecular weight excluding hydrogens is 340 g/mol. The summed E-state index contributed by atoms with van der Waals surface area (Å²) in [6.45, 7) is 3.95. The number of amides is 1. The molecule has 0 fully saturated rings. The second-order valence-corrected chi connectivity index (χ2v) is 6.58. The molecule has 0 saturated carbocycles. The molecule has 1 amide bonds. The van der Waals surface area contributed by atoms with Gasteiger partial charge in [0.05, 0.1) is 5.36 Å². The van der Waals surface area contributed by atoms with Crippen LogP contribution in [0.3, 0.4) is 0 Å². The van der Waals surface area contributed by atoms with Gasteiger partial charge in [-0.3, -0.25) is 15.1 Å². The highest BCUT2D eigenvalue weighted by molar-refractivity contribution is 9.10. The van der Waals surface area contributed by atoms with Gasteiger partial charge in [-0.15, -0.1) is 5.10 Å². The van der Waals surface area contributed by atoms with Crippen molar-refractivity contribution < 1.29 is 4.79 Å². The molecule has 2 aliphatic rings.